The summed E-state index contributed by atoms with van der Waals surface area (Å²) in [5.41, 5.74) is 2.35. The lowest BCUT2D eigenvalue weighted by Crippen LogP contribution is -2.30. The first kappa shape index (κ1) is 13.7. The first-order valence-corrected chi connectivity index (χ1v) is 5.94. The number of hydrogen-bond donors (Lipinski definition) is 4. The highest BCUT2D eigenvalue weighted by Crippen LogP contribution is 2.07. The molecule has 0 saturated heterocycles. The molecule has 0 aliphatic rings. The van der Waals surface area contributed by atoms with Gasteiger partial charge in [-0.05, 0) is 6.92 Å². The van der Waals surface area contributed by atoms with Gasteiger partial charge in [0.25, 0.3) is 0 Å². The summed E-state index contributed by atoms with van der Waals surface area (Å²) >= 11 is 0. The molecule has 0 bridgehead atoms. The van der Waals surface area contributed by atoms with E-state index < -0.39 is 0 Å². The monoisotopic (exact) mass is 277 g/mol. The number of nitrogens with zero attached hydrogens (tertiary/aromatic N) is 5. The van der Waals surface area contributed by atoms with E-state index in [4.69, 9.17) is 5.84 Å². The molecule has 2 aromatic heterocycles. The van der Waals surface area contributed by atoms with Gasteiger partial charge in [-0.1, -0.05) is 0 Å². The zero-order chi connectivity index (χ0) is 14.4. The van der Waals surface area contributed by atoms with Crippen molar-refractivity contribution in [2.24, 2.45) is 5.84 Å². The molecule has 20 heavy (non-hydrogen) atoms. The molecule has 0 aromatic carbocycles. The summed E-state index contributed by atoms with van der Waals surface area (Å²) in [5.74, 6) is 5.91. The highest BCUT2D eigenvalue weighted by Gasteiger charge is 2.08. The van der Waals surface area contributed by atoms with Crippen molar-refractivity contribution in [2.75, 3.05) is 23.8 Å². The van der Waals surface area contributed by atoms with E-state index in [0.29, 0.717) is 12.5 Å². The van der Waals surface area contributed by atoms with Gasteiger partial charge in [-0.25, -0.2) is 10.8 Å². The van der Waals surface area contributed by atoms with Gasteiger partial charge < -0.3 is 10.6 Å². The van der Waals surface area contributed by atoms with E-state index in [0.717, 1.165) is 0 Å². The second-order valence-electron chi connectivity index (χ2n) is 3.70. The topological polar surface area (TPSA) is 136 Å². The number of carbonyl (C=O) groups is 1. The Hall–Kier alpha value is -2.75. The Balaban J connectivity index is 2.16. The van der Waals surface area contributed by atoms with E-state index in [-0.39, 0.29) is 24.3 Å². The largest absolute Gasteiger partial charge is 0.355 e. The molecule has 0 radical (unpaired) electrons. The van der Waals surface area contributed by atoms with E-state index in [1.807, 2.05) is 6.92 Å². The molecule has 1 amide bonds. The number of rotatable bonds is 6. The minimum Gasteiger partial charge on any atom is -0.355 e. The lowest BCUT2D eigenvalue weighted by atomic mass is 10.5. The molecule has 2 heterocycles. The number of imidazole rings is 1. The third kappa shape index (κ3) is 3.38. The number of hydrazine groups is 1. The molecule has 0 aliphatic carbocycles. The summed E-state index contributed by atoms with van der Waals surface area (Å²) in [5, 5.41) is 5.46. The number of anilines is 2. The van der Waals surface area contributed by atoms with Crippen LogP contribution in [-0.2, 0) is 4.79 Å². The van der Waals surface area contributed by atoms with E-state index in [1.165, 1.54) is 0 Å². The third-order valence-corrected chi connectivity index (χ3v) is 2.27. The van der Waals surface area contributed by atoms with Crippen LogP contribution in [0.4, 0.5) is 11.9 Å². The fourth-order valence-electron chi connectivity index (χ4n) is 1.42. The summed E-state index contributed by atoms with van der Waals surface area (Å²) in [4.78, 5) is 27.6. The van der Waals surface area contributed by atoms with Crippen LogP contribution in [0, 0.1) is 0 Å². The summed E-state index contributed by atoms with van der Waals surface area (Å²) in [6, 6.07) is 0. The van der Waals surface area contributed by atoms with Gasteiger partial charge in [-0.2, -0.15) is 15.0 Å². The Morgan fingerprint density at radius 3 is 2.80 bits per heavy atom. The Labute approximate surface area is 114 Å². The number of likely N-dealkylation sites (N-methyl/N-ethyl adjacent to an activating group) is 1. The molecular weight excluding hydrogens is 262 g/mol. The summed E-state index contributed by atoms with van der Waals surface area (Å²) in [7, 11) is 0. The van der Waals surface area contributed by atoms with Crippen LogP contribution in [0.25, 0.3) is 5.95 Å². The molecule has 0 atom stereocenters. The maximum Gasteiger partial charge on any atom is 0.243 e. The van der Waals surface area contributed by atoms with Gasteiger partial charge in [0, 0.05) is 18.9 Å². The maximum atomic E-state index is 11.4. The van der Waals surface area contributed by atoms with Gasteiger partial charge in [0.1, 0.15) is 6.33 Å². The second-order valence-corrected chi connectivity index (χ2v) is 3.70. The zero-order valence-electron chi connectivity index (χ0n) is 10.9. The standard InChI is InChI=1S/C10H15N9O/c1-2-13-7(20)5-14-8-15-9(18-11)17-10(16-8)19-4-3-12-6-19/h3-4,6H,2,5,11H2,1H3,(H,13,20)(H2,14,15,16,17,18). The fraction of sp³-hybridized carbons (Fsp3) is 0.300. The number of hydrogen-bond acceptors (Lipinski definition) is 8. The van der Waals surface area contributed by atoms with Gasteiger partial charge in [0.15, 0.2) is 0 Å². The van der Waals surface area contributed by atoms with Crippen molar-refractivity contribution < 1.29 is 4.79 Å². The van der Waals surface area contributed by atoms with Crippen molar-refractivity contribution in [3.05, 3.63) is 18.7 Å². The molecule has 5 N–H and O–H groups in total. The van der Waals surface area contributed by atoms with Crippen molar-refractivity contribution in [2.45, 2.75) is 6.92 Å². The molecule has 0 aliphatic heterocycles. The molecule has 0 unspecified atom stereocenters. The van der Waals surface area contributed by atoms with Crippen LogP contribution in [0.3, 0.4) is 0 Å². The van der Waals surface area contributed by atoms with Crippen LogP contribution in [-0.4, -0.2) is 43.5 Å². The number of carbonyl (C=O) groups excluding carboxylic acids is 1. The third-order valence-electron chi connectivity index (χ3n) is 2.27. The van der Waals surface area contributed by atoms with Crippen LogP contribution in [0.15, 0.2) is 18.7 Å². The second kappa shape index (κ2) is 6.43. The lowest BCUT2D eigenvalue weighted by molar-refractivity contribution is -0.119. The van der Waals surface area contributed by atoms with Crippen LogP contribution < -0.4 is 21.9 Å². The smallest absolute Gasteiger partial charge is 0.243 e. The molecule has 0 fully saturated rings. The zero-order valence-corrected chi connectivity index (χ0v) is 10.9. The molecule has 106 valence electrons. The number of aromatic nitrogens is 5. The van der Waals surface area contributed by atoms with E-state index in [2.05, 4.69) is 36.0 Å². The van der Waals surface area contributed by atoms with Crippen molar-refractivity contribution in [3.8, 4) is 5.95 Å². The van der Waals surface area contributed by atoms with Crippen LogP contribution in [0.2, 0.25) is 0 Å². The first-order chi connectivity index (χ1) is 9.72. The number of nitrogens with one attached hydrogen (secondary N) is 3. The van der Waals surface area contributed by atoms with E-state index in [1.54, 1.807) is 23.3 Å². The van der Waals surface area contributed by atoms with E-state index in [9.17, 15) is 4.79 Å². The minimum absolute atomic E-state index is 0.0607. The molecule has 0 spiro atoms. The lowest BCUT2D eigenvalue weighted by Gasteiger charge is -2.08. The van der Waals surface area contributed by atoms with E-state index >= 15 is 0 Å². The Bertz CT molecular complexity index is 568. The first-order valence-electron chi connectivity index (χ1n) is 5.94. The van der Waals surface area contributed by atoms with Gasteiger partial charge in [0.2, 0.25) is 23.8 Å². The number of nitrogen functional groups attached to an aromatic ring is 1. The predicted molar refractivity (Wildman–Crippen MR) is 71.9 cm³/mol. The molecule has 10 nitrogen and oxygen atoms in total. The van der Waals surface area contributed by atoms with Crippen molar-refractivity contribution in [1.29, 1.82) is 0 Å². The molecule has 0 saturated carbocycles. The van der Waals surface area contributed by atoms with Gasteiger partial charge in [-0.15, -0.1) is 0 Å². The summed E-state index contributed by atoms with van der Waals surface area (Å²) in [6.45, 7) is 2.47. The Morgan fingerprint density at radius 1 is 1.35 bits per heavy atom. The summed E-state index contributed by atoms with van der Waals surface area (Å²) < 4.78 is 1.60. The van der Waals surface area contributed by atoms with Gasteiger partial charge in [-0.3, -0.25) is 14.8 Å². The molecule has 10 heteroatoms. The van der Waals surface area contributed by atoms with Crippen molar-refractivity contribution in [1.82, 2.24) is 29.8 Å². The average Bonchev–Trinajstić information content (AvgIpc) is 2.99. The normalized spacial score (nSPS) is 10.1. The highest BCUT2D eigenvalue weighted by molar-refractivity contribution is 5.80. The van der Waals surface area contributed by atoms with Crippen LogP contribution >= 0.6 is 0 Å². The van der Waals surface area contributed by atoms with Gasteiger partial charge >= 0.3 is 0 Å². The van der Waals surface area contributed by atoms with Crippen molar-refractivity contribution >= 4 is 17.8 Å². The number of amides is 1. The quantitative estimate of drug-likeness (QED) is 0.385. The fourth-order valence-corrected chi connectivity index (χ4v) is 1.42. The van der Waals surface area contributed by atoms with Gasteiger partial charge in [0.05, 0.1) is 6.54 Å². The Kier molecular flexibility index (Phi) is 4.39. The molecule has 2 aromatic rings. The molecule has 2 rings (SSSR count). The molecular formula is C10H15N9O. The average molecular weight is 277 g/mol. The SMILES string of the molecule is CCNC(=O)CNc1nc(NN)nc(-n2ccnc2)n1. The Morgan fingerprint density at radius 2 is 2.15 bits per heavy atom. The van der Waals surface area contributed by atoms with Crippen molar-refractivity contribution in [3.63, 3.8) is 0 Å². The van der Waals surface area contributed by atoms with Crippen LogP contribution in [0.1, 0.15) is 6.92 Å². The number of nitrogens with two attached hydrogens (primary N) is 1. The maximum absolute atomic E-state index is 11.4. The minimum atomic E-state index is -0.153. The summed E-state index contributed by atoms with van der Waals surface area (Å²) in [6.07, 6.45) is 4.83. The predicted octanol–water partition coefficient (Wildman–Crippen LogP) is -1.11. The highest BCUT2D eigenvalue weighted by atomic mass is 16.1. The van der Waals surface area contributed by atoms with Crippen LogP contribution in [0.5, 0.6) is 0 Å².